The number of hydrogen-bond donors (Lipinski definition) is 0. The normalized spacial score (nSPS) is 10.1. The predicted molar refractivity (Wildman–Crippen MR) is 73.4 cm³/mol. The van der Waals surface area contributed by atoms with Gasteiger partial charge in [-0.3, -0.25) is 4.90 Å². The number of benzene rings is 1. The summed E-state index contributed by atoms with van der Waals surface area (Å²) in [5, 5.41) is 0. The highest BCUT2D eigenvalue weighted by atomic mass is 79.9. The summed E-state index contributed by atoms with van der Waals surface area (Å²) in [6.07, 6.45) is 1.66. The molecule has 0 N–H and O–H groups in total. The standard InChI is InChI=1S/C13H18BrNO2/c1-3-5-10-17-13(16)15(4-2)12-8-6-11(14)7-9-12/h6-9H,3-5,10H2,1-2H3. The van der Waals surface area contributed by atoms with Crippen molar-refractivity contribution >= 4 is 27.7 Å². The Balaban J connectivity index is 2.64. The van der Waals surface area contributed by atoms with Crippen LogP contribution >= 0.6 is 15.9 Å². The maximum atomic E-state index is 11.8. The second-order valence-corrected chi connectivity index (χ2v) is 4.60. The fourth-order valence-electron chi connectivity index (χ4n) is 1.42. The highest BCUT2D eigenvalue weighted by molar-refractivity contribution is 9.10. The van der Waals surface area contributed by atoms with E-state index in [-0.39, 0.29) is 6.09 Å². The van der Waals surface area contributed by atoms with Crippen molar-refractivity contribution < 1.29 is 9.53 Å². The molecule has 1 aromatic rings. The number of nitrogens with zero attached hydrogens (tertiary/aromatic N) is 1. The minimum absolute atomic E-state index is 0.275. The van der Waals surface area contributed by atoms with Gasteiger partial charge < -0.3 is 4.74 Å². The van der Waals surface area contributed by atoms with Gasteiger partial charge in [0.05, 0.1) is 6.61 Å². The van der Waals surface area contributed by atoms with Gasteiger partial charge in [-0.25, -0.2) is 4.79 Å². The average Bonchev–Trinajstić information content (AvgIpc) is 2.33. The molecule has 17 heavy (non-hydrogen) atoms. The first kappa shape index (κ1) is 14.0. The van der Waals surface area contributed by atoms with E-state index >= 15 is 0 Å². The summed E-state index contributed by atoms with van der Waals surface area (Å²) in [4.78, 5) is 13.5. The summed E-state index contributed by atoms with van der Waals surface area (Å²) in [7, 11) is 0. The zero-order valence-electron chi connectivity index (χ0n) is 10.3. The van der Waals surface area contributed by atoms with E-state index in [4.69, 9.17) is 4.74 Å². The van der Waals surface area contributed by atoms with Crippen LogP contribution in [0, 0.1) is 0 Å². The quantitative estimate of drug-likeness (QED) is 0.762. The lowest BCUT2D eigenvalue weighted by Gasteiger charge is -2.20. The van der Waals surface area contributed by atoms with Crippen LogP contribution in [0.4, 0.5) is 10.5 Å². The molecular formula is C13H18BrNO2. The molecule has 0 unspecified atom stereocenters. The van der Waals surface area contributed by atoms with Crippen molar-refractivity contribution in [1.82, 2.24) is 0 Å². The van der Waals surface area contributed by atoms with Gasteiger partial charge in [0.15, 0.2) is 0 Å². The van der Waals surface area contributed by atoms with E-state index in [2.05, 4.69) is 22.9 Å². The maximum Gasteiger partial charge on any atom is 0.414 e. The molecule has 1 aromatic carbocycles. The molecule has 0 bridgehead atoms. The summed E-state index contributed by atoms with van der Waals surface area (Å²) in [6.45, 7) is 5.10. The lowest BCUT2D eigenvalue weighted by atomic mass is 10.3. The van der Waals surface area contributed by atoms with Crippen molar-refractivity contribution in [3.63, 3.8) is 0 Å². The molecule has 0 atom stereocenters. The van der Waals surface area contributed by atoms with Gasteiger partial charge >= 0.3 is 6.09 Å². The third-order valence-electron chi connectivity index (χ3n) is 2.40. The number of hydrogen-bond acceptors (Lipinski definition) is 2. The fourth-order valence-corrected chi connectivity index (χ4v) is 1.68. The third kappa shape index (κ3) is 4.38. The van der Waals surface area contributed by atoms with Gasteiger partial charge in [-0.2, -0.15) is 0 Å². The van der Waals surface area contributed by atoms with Crippen molar-refractivity contribution in [1.29, 1.82) is 0 Å². The van der Waals surface area contributed by atoms with Gasteiger partial charge in [-0.05, 0) is 37.6 Å². The number of unbranched alkanes of at least 4 members (excludes halogenated alkanes) is 1. The molecule has 0 fully saturated rings. The van der Waals surface area contributed by atoms with Gasteiger partial charge in [0.25, 0.3) is 0 Å². The van der Waals surface area contributed by atoms with Crippen molar-refractivity contribution in [2.24, 2.45) is 0 Å². The summed E-state index contributed by atoms with van der Waals surface area (Å²) in [5.41, 5.74) is 0.859. The first-order valence-electron chi connectivity index (χ1n) is 5.88. The molecule has 0 aliphatic rings. The van der Waals surface area contributed by atoms with Crippen LogP contribution in [-0.2, 0) is 4.74 Å². The lowest BCUT2D eigenvalue weighted by molar-refractivity contribution is 0.152. The lowest BCUT2D eigenvalue weighted by Crippen LogP contribution is -2.31. The zero-order valence-corrected chi connectivity index (χ0v) is 11.9. The molecule has 0 saturated carbocycles. The van der Waals surface area contributed by atoms with E-state index in [0.29, 0.717) is 13.2 Å². The van der Waals surface area contributed by atoms with Crippen LogP contribution in [0.15, 0.2) is 28.7 Å². The molecule has 1 amide bonds. The van der Waals surface area contributed by atoms with Gasteiger partial charge in [-0.15, -0.1) is 0 Å². The third-order valence-corrected chi connectivity index (χ3v) is 2.93. The number of rotatable bonds is 5. The van der Waals surface area contributed by atoms with Gasteiger partial charge in [0.2, 0.25) is 0 Å². The molecule has 3 nitrogen and oxygen atoms in total. The number of amides is 1. The Morgan fingerprint density at radius 1 is 1.29 bits per heavy atom. The smallest absolute Gasteiger partial charge is 0.414 e. The van der Waals surface area contributed by atoms with E-state index in [9.17, 15) is 4.79 Å². The van der Waals surface area contributed by atoms with Crippen LogP contribution < -0.4 is 4.90 Å². The van der Waals surface area contributed by atoms with Crippen molar-refractivity contribution in [3.05, 3.63) is 28.7 Å². The second-order valence-electron chi connectivity index (χ2n) is 3.69. The highest BCUT2D eigenvalue weighted by Gasteiger charge is 2.14. The molecule has 0 aromatic heterocycles. The summed E-state index contributed by atoms with van der Waals surface area (Å²) < 4.78 is 6.19. The molecule has 0 saturated heterocycles. The molecule has 4 heteroatoms. The zero-order chi connectivity index (χ0) is 12.7. The maximum absolute atomic E-state index is 11.8. The number of carbonyl (C=O) groups is 1. The Labute approximate surface area is 111 Å². The second kappa shape index (κ2) is 7.33. The minimum atomic E-state index is -0.275. The predicted octanol–water partition coefficient (Wildman–Crippen LogP) is 4.21. The molecule has 0 aliphatic carbocycles. The van der Waals surface area contributed by atoms with Crippen molar-refractivity contribution in [2.45, 2.75) is 26.7 Å². The fraction of sp³-hybridized carbons (Fsp3) is 0.462. The molecule has 0 spiro atoms. The summed E-state index contributed by atoms with van der Waals surface area (Å²) in [6, 6.07) is 7.62. The highest BCUT2D eigenvalue weighted by Crippen LogP contribution is 2.19. The van der Waals surface area contributed by atoms with E-state index in [1.807, 2.05) is 31.2 Å². The van der Waals surface area contributed by atoms with Crippen LogP contribution in [0.5, 0.6) is 0 Å². The van der Waals surface area contributed by atoms with E-state index in [1.165, 1.54) is 0 Å². The van der Waals surface area contributed by atoms with E-state index < -0.39 is 0 Å². The number of halogens is 1. The molecule has 0 heterocycles. The van der Waals surface area contributed by atoms with Gasteiger partial charge in [-0.1, -0.05) is 29.3 Å². The van der Waals surface area contributed by atoms with E-state index in [1.54, 1.807) is 4.90 Å². The van der Waals surface area contributed by atoms with Crippen molar-refractivity contribution in [2.75, 3.05) is 18.1 Å². The Kier molecular flexibility index (Phi) is 6.05. The summed E-state index contributed by atoms with van der Waals surface area (Å²) >= 11 is 3.37. The molecule has 0 radical (unpaired) electrons. The minimum Gasteiger partial charge on any atom is -0.449 e. The van der Waals surface area contributed by atoms with Crippen molar-refractivity contribution in [3.8, 4) is 0 Å². The molecule has 0 aliphatic heterocycles. The number of ether oxygens (including phenoxy) is 1. The molecule has 94 valence electrons. The Morgan fingerprint density at radius 3 is 2.47 bits per heavy atom. The van der Waals surface area contributed by atoms with Crippen LogP contribution in [-0.4, -0.2) is 19.2 Å². The van der Waals surface area contributed by atoms with E-state index in [0.717, 1.165) is 23.0 Å². The topological polar surface area (TPSA) is 29.5 Å². The average molecular weight is 300 g/mol. The largest absolute Gasteiger partial charge is 0.449 e. The first-order chi connectivity index (χ1) is 8.19. The number of carbonyl (C=O) groups excluding carboxylic acids is 1. The molecule has 1 rings (SSSR count). The Hall–Kier alpha value is -1.03. The van der Waals surface area contributed by atoms with Crippen LogP contribution in [0.25, 0.3) is 0 Å². The monoisotopic (exact) mass is 299 g/mol. The Bertz CT molecular complexity index is 351. The van der Waals surface area contributed by atoms with Crippen LogP contribution in [0.3, 0.4) is 0 Å². The molecular weight excluding hydrogens is 282 g/mol. The Morgan fingerprint density at radius 2 is 1.94 bits per heavy atom. The SMILES string of the molecule is CCCCOC(=O)N(CC)c1ccc(Br)cc1. The van der Waals surface area contributed by atoms with Crippen LogP contribution in [0.1, 0.15) is 26.7 Å². The number of anilines is 1. The summed E-state index contributed by atoms with van der Waals surface area (Å²) in [5.74, 6) is 0. The first-order valence-corrected chi connectivity index (χ1v) is 6.68. The van der Waals surface area contributed by atoms with Gasteiger partial charge in [0.1, 0.15) is 0 Å². The van der Waals surface area contributed by atoms with Crippen LogP contribution in [0.2, 0.25) is 0 Å². The van der Waals surface area contributed by atoms with Gasteiger partial charge in [0, 0.05) is 16.7 Å².